The molecule has 0 fully saturated rings. The van der Waals surface area contributed by atoms with Gasteiger partial charge in [-0.15, -0.1) is 0 Å². The highest BCUT2D eigenvalue weighted by molar-refractivity contribution is 5.74. The number of aldehydes is 1. The van der Waals surface area contributed by atoms with Gasteiger partial charge in [0.15, 0.2) is 6.29 Å². The predicted octanol–water partition coefficient (Wildman–Crippen LogP) is 4.86. The summed E-state index contributed by atoms with van der Waals surface area (Å²) in [5.74, 6) is 0. The molecule has 0 unspecified atom stereocenters. The Morgan fingerprint density at radius 3 is 1.76 bits per heavy atom. The molecular weight excluding hydrogens is 416 g/mol. The quantitative estimate of drug-likeness (QED) is 0.396. The number of rotatable bonds is 11. The molecule has 0 spiro atoms. The molecule has 5 nitrogen and oxygen atoms in total. The van der Waals surface area contributed by atoms with Crippen molar-refractivity contribution in [1.29, 1.82) is 0 Å². The van der Waals surface area contributed by atoms with Crippen molar-refractivity contribution >= 4 is 6.29 Å². The normalized spacial score (nSPS) is 20.0. The van der Waals surface area contributed by atoms with E-state index in [1.54, 1.807) is 0 Å². The van der Waals surface area contributed by atoms with Crippen LogP contribution in [0.4, 0.5) is 0 Å². The summed E-state index contributed by atoms with van der Waals surface area (Å²) in [6.45, 7) is 1.51. The molecule has 5 heteroatoms. The number of ether oxygens (including phenoxy) is 4. The van der Waals surface area contributed by atoms with Crippen LogP contribution in [0.1, 0.15) is 16.7 Å². The van der Waals surface area contributed by atoms with Crippen molar-refractivity contribution in [2.45, 2.75) is 38.1 Å². The minimum absolute atomic E-state index is 0.308. The van der Waals surface area contributed by atoms with Gasteiger partial charge in [0.25, 0.3) is 0 Å². The molecule has 33 heavy (non-hydrogen) atoms. The van der Waals surface area contributed by atoms with Gasteiger partial charge < -0.3 is 18.9 Å². The zero-order valence-corrected chi connectivity index (χ0v) is 18.4. The summed E-state index contributed by atoms with van der Waals surface area (Å²) in [7, 11) is 0. The van der Waals surface area contributed by atoms with E-state index in [0.717, 1.165) is 23.0 Å². The third-order valence-electron chi connectivity index (χ3n) is 5.46. The lowest BCUT2D eigenvalue weighted by Crippen LogP contribution is -2.48. The van der Waals surface area contributed by atoms with Crippen LogP contribution in [0.5, 0.6) is 0 Å². The summed E-state index contributed by atoms with van der Waals surface area (Å²) >= 11 is 0. The van der Waals surface area contributed by atoms with E-state index in [0.29, 0.717) is 32.0 Å². The maximum Gasteiger partial charge on any atom is 0.151 e. The number of hydrogen-bond donors (Lipinski definition) is 0. The molecule has 0 radical (unpaired) electrons. The van der Waals surface area contributed by atoms with Gasteiger partial charge in [0.1, 0.15) is 18.3 Å². The molecule has 3 aromatic rings. The van der Waals surface area contributed by atoms with Crippen LogP contribution in [0.25, 0.3) is 0 Å². The van der Waals surface area contributed by atoms with Gasteiger partial charge in [0.05, 0.1) is 38.3 Å². The summed E-state index contributed by atoms with van der Waals surface area (Å²) < 4.78 is 24.3. The molecule has 3 atom stereocenters. The number of hydrogen-bond acceptors (Lipinski definition) is 5. The van der Waals surface area contributed by atoms with Crippen LogP contribution in [0.15, 0.2) is 103 Å². The fraction of sp³-hybridized carbons (Fsp3) is 0.250. The molecule has 3 aromatic carbocycles. The average molecular weight is 445 g/mol. The highest BCUT2D eigenvalue weighted by atomic mass is 16.6. The topological polar surface area (TPSA) is 54.0 Å². The van der Waals surface area contributed by atoms with E-state index < -0.39 is 18.3 Å². The molecule has 0 saturated carbocycles. The summed E-state index contributed by atoms with van der Waals surface area (Å²) in [5, 5.41) is 0. The van der Waals surface area contributed by atoms with E-state index in [-0.39, 0.29) is 0 Å². The maximum absolute atomic E-state index is 11.8. The molecule has 4 rings (SSSR count). The van der Waals surface area contributed by atoms with Gasteiger partial charge in [-0.1, -0.05) is 91.0 Å². The van der Waals surface area contributed by atoms with Gasteiger partial charge in [-0.05, 0) is 16.7 Å². The maximum atomic E-state index is 11.8. The zero-order valence-electron chi connectivity index (χ0n) is 18.4. The summed E-state index contributed by atoms with van der Waals surface area (Å²) in [5.41, 5.74) is 3.55. The molecule has 0 saturated heterocycles. The molecule has 0 aromatic heterocycles. The first kappa shape index (κ1) is 22.9. The van der Waals surface area contributed by atoms with Crippen molar-refractivity contribution in [2.24, 2.45) is 0 Å². The van der Waals surface area contributed by atoms with Crippen LogP contribution in [0.3, 0.4) is 0 Å². The predicted molar refractivity (Wildman–Crippen MR) is 125 cm³/mol. The first-order valence-corrected chi connectivity index (χ1v) is 11.1. The first-order chi connectivity index (χ1) is 16.3. The Morgan fingerprint density at radius 1 is 0.697 bits per heavy atom. The molecular formula is C28H28O5. The Hall–Kier alpha value is -3.25. The molecule has 0 amide bonds. The third kappa shape index (κ3) is 6.62. The van der Waals surface area contributed by atoms with Gasteiger partial charge in [0, 0.05) is 0 Å². The molecule has 0 bridgehead atoms. The van der Waals surface area contributed by atoms with Crippen molar-refractivity contribution in [2.75, 3.05) is 6.61 Å². The minimum atomic E-state index is -0.564. The molecule has 170 valence electrons. The van der Waals surface area contributed by atoms with Crippen molar-refractivity contribution in [3.8, 4) is 0 Å². The van der Waals surface area contributed by atoms with Crippen LogP contribution < -0.4 is 0 Å². The van der Waals surface area contributed by atoms with Crippen LogP contribution in [-0.4, -0.2) is 31.2 Å². The highest BCUT2D eigenvalue weighted by Crippen LogP contribution is 2.26. The first-order valence-electron chi connectivity index (χ1n) is 11.1. The standard InChI is InChI=1S/C28H28O5/c29-16-25-20-31-26(21-30-17-22-10-4-1-5-11-22)28(33-19-24-14-8-3-9-15-24)27(25)32-18-23-12-6-2-7-13-23/h1-16,20,26-28H,17-19,21H2/t26-,27-,28-/m1/s1. The van der Waals surface area contributed by atoms with Crippen LogP contribution in [0.2, 0.25) is 0 Å². The van der Waals surface area contributed by atoms with Crippen molar-refractivity contribution < 1.29 is 23.7 Å². The minimum Gasteiger partial charge on any atom is -0.492 e. The van der Waals surface area contributed by atoms with Gasteiger partial charge in [-0.3, -0.25) is 4.79 Å². The van der Waals surface area contributed by atoms with Crippen LogP contribution in [-0.2, 0) is 43.6 Å². The third-order valence-corrected chi connectivity index (χ3v) is 5.46. The van der Waals surface area contributed by atoms with Gasteiger partial charge in [-0.2, -0.15) is 0 Å². The van der Waals surface area contributed by atoms with Crippen molar-refractivity contribution in [1.82, 2.24) is 0 Å². The Kier molecular flexibility index (Phi) is 8.42. The number of benzene rings is 3. The molecule has 1 aliphatic heterocycles. The Balaban J connectivity index is 1.47. The van der Waals surface area contributed by atoms with E-state index in [9.17, 15) is 4.79 Å². The lowest BCUT2D eigenvalue weighted by Gasteiger charge is -2.36. The number of carbonyl (C=O) groups is 1. The summed E-state index contributed by atoms with van der Waals surface area (Å²) in [6.07, 6.45) is 0.763. The molecule has 1 aliphatic rings. The average Bonchev–Trinajstić information content (AvgIpc) is 2.88. The van der Waals surface area contributed by atoms with E-state index in [1.807, 2.05) is 91.0 Å². The second-order valence-electron chi connectivity index (χ2n) is 7.89. The second-order valence-corrected chi connectivity index (χ2v) is 7.89. The van der Waals surface area contributed by atoms with Gasteiger partial charge in [0.2, 0.25) is 0 Å². The van der Waals surface area contributed by atoms with E-state index >= 15 is 0 Å². The van der Waals surface area contributed by atoms with Crippen molar-refractivity contribution in [3.05, 3.63) is 120 Å². The molecule has 0 aliphatic carbocycles. The smallest absolute Gasteiger partial charge is 0.151 e. The van der Waals surface area contributed by atoms with Gasteiger partial charge >= 0.3 is 0 Å². The lowest BCUT2D eigenvalue weighted by molar-refractivity contribution is -0.153. The van der Waals surface area contributed by atoms with Gasteiger partial charge in [-0.25, -0.2) is 0 Å². The van der Waals surface area contributed by atoms with Crippen LogP contribution in [0, 0.1) is 0 Å². The largest absolute Gasteiger partial charge is 0.492 e. The van der Waals surface area contributed by atoms with Crippen molar-refractivity contribution in [3.63, 3.8) is 0 Å². The SMILES string of the molecule is O=CC1=CO[C@H](COCc2ccccc2)[C@@H](OCc2ccccc2)[C@@H]1OCc1ccccc1. The van der Waals surface area contributed by atoms with E-state index in [2.05, 4.69) is 0 Å². The second kappa shape index (κ2) is 12.1. The Labute approximate surface area is 194 Å². The molecule has 0 N–H and O–H groups in total. The summed E-state index contributed by atoms with van der Waals surface area (Å²) in [6, 6.07) is 29.7. The highest BCUT2D eigenvalue weighted by Gasteiger charge is 2.38. The Morgan fingerprint density at radius 2 is 1.21 bits per heavy atom. The molecule has 1 heterocycles. The number of carbonyl (C=O) groups excluding carboxylic acids is 1. The monoisotopic (exact) mass is 444 g/mol. The Bertz CT molecular complexity index is 1000. The lowest BCUT2D eigenvalue weighted by atomic mass is 9.99. The summed E-state index contributed by atoms with van der Waals surface area (Å²) in [4.78, 5) is 11.8. The van der Waals surface area contributed by atoms with Crippen LogP contribution >= 0.6 is 0 Å². The van der Waals surface area contributed by atoms with E-state index in [1.165, 1.54) is 6.26 Å². The van der Waals surface area contributed by atoms with E-state index in [4.69, 9.17) is 18.9 Å². The fourth-order valence-electron chi connectivity index (χ4n) is 3.70. The fourth-order valence-corrected chi connectivity index (χ4v) is 3.70. The zero-order chi connectivity index (χ0) is 22.7.